The molecule has 1 atom stereocenters. The molecule has 0 radical (unpaired) electrons. The number of aliphatic hydroxyl groups excluding tert-OH is 1. The normalized spacial score (nSPS) is 12.1. The number of aromatic nitrogens is 1. The van der Waals surface area contributed by atoms with Crippen LogP contribution in [0.2, 0.25) is 0 Å². The van der Waals surface area contributed by atoms with Crippen LogP contribution in [0.1, 0.15) is 0 Å². The summed E-state index contributed by atoms with van der Waals surface area (Å²) in [6, 6.07) is 13.4. The van der Waals surface area contributed by atoms with Crippen LogP contribution in [0.5, 0.6) is 5.75 Å². The first kappa shape index (κ1) is 17.3. The highest BCUT2D eigenvalue weighted by molar-refractivity contribution is 9.10. The Labute approximate surface area is 143 Å². The van der Waals surface area contributed by atoms with Gasteiger partial charge in [-0.25, -0.2) is 4.98 Å². The van der Waals surface area contributed by atoms with Crippen molar-refractivity contribution in [3.05, 3.63) is 53.1 Å². The van der Waals surface area contributed by atoms with Gasteiger partial charge in [0.2, 0.25) is 0 Å². The van der Waals surface area contributed by atoms with Crippen LogP contribution < -0.4 is 4.74 Å². The van der Waals surface area contributed by atoms with E-state index in [-0.39, 0.29) is 0 Å². The third-order valence-corrected chi connectivity index (χ3v) is 4.44. The van der Waals surface area contributed by atoms with Crippen molar-refractivity contribution < 1.29 is 14.6 Å². The molecule has 4 nitrogen and oxygen atoms in total. The molecule has 0 fully saturated rings. The molecule has 1 N–H and O–H groups in total. The van der Waals surface area contributed by atoms with Crippen LogP contribution in [-0.2, 0) is 4.74 Å². The fourth-order valence-corrected chi connectivity index (χ4v) is 2.82. The molecule has 2 rings (SSSR count). The summed E-state index contributed by atoms with van der Waals surface area (Å²) >= 11 is 4.93. The summed E-state index contributed by atoms with van der Waals surface area (Å²) in [6.45, 7) is 1.18. The molecule has 0 saturated carbocycles. The molecule has 0 bridgehead atoms. The number of nitrogens with zero attached hydrogens (tertiary/aromatic N) is 1. The average molecular weight is 384 g/mol. The van der Waals surface area contributed by atoms with Crippen LogP contribution in [0, 0.1) is 0 Å². The second kappa shape index (κ2) is 9.84. The highest BCUT2D eigenvalue weighted by Crippen LogP contribution is 2.23. The Kier molecular flexibility index (Phi) is 7.73. The zero-order chi connectivity index (χ0) is 15.6. The third-order valence-electron chi connectivity index (χ3n) is 2.69. The van der Waals surface area contributed by atoms with Crippen LogP contribution in [-0.4, -0.2) is 41.8 Å². The van der Waals surface area contributed by atoms with E-state index in [4.69, 9.17) is 9.47 Å². The van der Waals surface area contributed by atoms with Crippen molar-refractivity contribution >= 4 is 27.7 Å². The summed E-state index contributed by atoms with van der Waals surface area (Å²) < 4.78 is 11.9. The Morgan fingerprint density at radius 2 is 1.95 bits per heavy atom. The lowest BCUT2D eigenvalue weighted by Crippen LogP contribution is -2.20. The molecule has 22 heavy (non-hydrogen) atoms. The smallest absolute Gasteiger partial charge is 0.133 e. The van der Waals surface area contributed by atoms with E-state index < -0.39 is 6.10 Å². The highest BCUT2D eigenvalue weighted by Gasteiger charge is 2.06. The topological polar surface area (TPSA) is 51.6 Å². The lowest BCUT2D eigenvalue weighted by atomic mass is 10.3. The Morgan fingerprint density at radius 1 is 1.14 bits per heavy atom. The molecule has 6 heteroatoms. The van der Waals surface area contributed by atoms with Gasteiger partial charge in [0.25, 0.3) is 0 Å². The molecular formula is C16H18BrNO3S. The standard InChI is InChI=1S/C16H18BrNO3S/c17-14-5-1-2-6-15(14)21-10-9-20-11-13(19)12-22-16-7-3-4-8-18-16/h1-8,13,19H,9-12H2. The molecule has 0 amide bonds. The molecule has 0 spiro atoms. The van der Waals surface area contributed by atoms with E-state index in [0.29, 0.717) is 25.6 Å². The quantitative estimate of drug-likeness (QED) is 0.531. The molecule has 1 aromatic carbocycles. The van der Waals surface area contributed by atoms with Crippen molar-refractivity contribution in [2.75, 3.05) is 25.6 Å². The van der Waals surface area contributed by atoms with Gasteiger partial charge in [-0.3, -0.25) is 0 Å². The lowest BCUT2D eigenvalue weighted by Gasteiger charge is -2.12. The summed E-state index contributed by atoms with van der Waals surface area (Å²) in [4.78, 5) is 4.19. The molecule has 1 heterocycles. The van der Waals surface area contributed by atoms with E-state index in [1.807, 2.05) is 42.5 Å². The molecule has 1 aromatic heterocycles. The largest absolute Gasteiger partial charge is 0.490 e. The predicted octanol–water partition coefficient (Wildman–Crippen LogP) is 3.39. The fraction of sp³-hybridized carbons (Fsp3) is 0.312. The van der Waals surface area contributed by atoms with Crippen LogP contribution in [0.4, 0.5) is 0 Å². The summed E-state index contributed by atoms with van der Waals surface area (Å²) in [5.74, 6) is 1.35. The summed E-state index contributed by atoms with van der Waals surface area (Å²) in [7, 11) is 0. The summed E-state index contributed by atoms with van der Waals surface area (Å²) in [5.41, 5.74) is 0. The van der Waals surface area contributed by atoms with Gasteiger partial charge in [-0.05, 0) is 40.2 Å². The van der Waals surface area contributed by atoms with Crippen molar-refractivity contribution in [3.8, 4) is 5.75 Å². The summed E-state index contributed by atoms with van der Waals surface area (Å²) in [6.07, 6.45) is 1.22. The van der Waals surface area contributed by atoms with E-state index in [2.05, 4.69) is 20.9 Å². The fourth-order valence-electron chi connectivity index (χ4n) is 1.65. The third kappa shape index (κ3) is 6.36. The first-order valence-corrected chi connectivity index (χ1v) is 8.70. The minimum Gasteiger partial charge on any atom is -0.490 e. The Morgan fingerprint density at radius 3 is 2.73 bits per heavy atom. The van der Waals surface area contributed by atoms with Gasteiger partial charge in [0.05, 0.1) is 28.8 Å². The van der Waals surface area contributed by atoms with Crippen molar-refractivity contribution in [2.45, 2.75) is 11.1 Å². The number of pyridine rings is 1. The van der Waals surface area contributed by atoms with Crippen LogP contribution in [0.15, 0.2) is 58.2 Å². The number of rotatable bonds is 9. The van der Waals surface area contributed by atoms with Gasteiger partial charge in [0.15, 0.2) is 0 Å². The van der Waals surface area contributed by atoms with Crippen molar-refractivity contribution in [3.63, 3.8) is 0 Å². The Hall–Kier alpha value is -1.08. The maximum absolute atomic E-state index is 9.85. The van der Waals surface area contributed by atoms with Gasteiger partial charge in [0.1, 0.15) is 12.4 Å². The number of aliphatic hydroxyl groups is 1. The number of hydrogen-bond acceptors (Lipinski definition) is 5. The summed E-state index contributed by atoms with van der Waals surface area (Å²) in [5, 5.41) is 10.8. The molecule has 2 aromatic rings. The van der Waals surface area contributed by atoms with Gasteiger partial charge in [-0.2, -0.15) is 0 Å². The van der Waals surface area contributed by atoms with Crippen molar-refractivity contribution in [1.82, 2.24) is 4.98 Å². The molecule has 0 aliphatic rings. The van der Waals surface area contributed by atoms with E-state index in [1.54, 1.807) is 6.20 Å². The number of hydrogen-bond donors (Lipinski definition) is 1. The number of para-hydroxylation sites is 1. The average Bonchev–Trinajstić information content (AvgIpc) is 2.55. The molecule has 0 aliphatic heterocycles. The van der Waals surface area contributed by atoms with Gasteiger partial charge in [0, 0.05) is 11.9 Å². The van der Waals surface area contributed by atoms with Crippen molar-refractivity contribution in [1.29, 1.82) is 0 Å². The predicted molar refractivity (Wildman–Crippen MR) is 91.4 cm³/mol. The molecule has 1 unspecified atom stereocenters. The first-order valence-electron chi connectivity index (χ1n) is 6.92. The number of halogens is 1. The molecular weight excluding hydrogens is 366 g/mol. The maximum atomic E-state index is 9.85. The Bertz CT molecular complexity index is 556. The van der Waals surface area contributed by atoms with Gasteiger partial charge >= 0.3 is 0 Å². The van der Waals surface area contributed by atoms with Crippen LogP contribution >= 0.6 is 27.7 Å². The maximum Gasteiger partial charge on any atom is 0.133 e. The Balaban J connectivity index is 1.56. The number of thioether (sulfide) groups is 1. The van der Waals surface area contributed by atoms with Gasteiger partial charge in [-0.1, -0.05) is 18.2 Å². The van der Waals surface area contributed by atoms with Gasteiger partial charge < -0.3 is 14.6 Å². The van der Waals surface area contributed by atoms with Crippen LogP contribution in [0.3, 0.4) is 0 Å². The minimum atomic E-state index is -0.518. The zero-order valence-corrected chi connectivity index (χ0v) is 14.4. The van der Waals surface area contributed by atoms with E-state index >= 15 is 0 Å². The number of benzene rings is 1. The molecule has 0 aliphatic carbocycles. The highest BCUT2D eigenvalue weighted by atomic mass is 79.9. The van der Waals surface area contributed by atoms with Crippen LogP contribution in [0.25, 0.3) is 0 Å². The van der Waals surface area contributed by atoms with Gasteiger partial charge in [-0.15, -0.1) is 11.8 Å². The van der Waals surface area contributed by atoms with E-state index in [0.717, 1.165) is 15.2 Å². The monoisotopic (exact) mass is 383 g/mol. The second-order valence-electron chi connectivity index (χ2n) is 4.49. The van der Waals surface area contributed by atoms with E-state index in [1.165, 1.54) is 11.8 Å². The first-order chi connectivity index (χ1) is 10.8. The van der Waals surface area contributed by atoms with E-state index in [9.17, 15) is 5.11 Å². The lowest BCUT2D eigenvalue weighted by molar-refractivity contribution is 0.0347. The molecule has 118 valence electrons. The van der Waals surface area contributed by atoms with Crippen molar-refractivity contribution in [2.24, 2.45) is 0 Å². The minimum absolute atomic E-state index is 0.291. The number of ether oxygens (including phenoxy) is 2. The second-order valence-corrected chi connectivity index (χ2v) is 6.38. The SMILES string of the molecule is OC(COCCOc1ccccc1Br)CSc1ccccn1. The molecule has 0 saturated heterocycles. The zero-order valence-electron chi connectivity index (χ0n) is 12.0.